The van der Waals surface area contributed by atoms with Gasteiger partial charge in [0.25, 0.3) is 0 Å². The summed E-state index contributed by atoms with van der Waals surface area (Å²) in [5, 5.41) is 11.0. The van der Waals surface area contributed by atoms with Gasteiger partial charge in [-0.15, -0.1) is 0 Å². The molecular formula is C15H21N3O2. The second kappa shape index (κ2) is 4.59. The second-order valence-electron chi connectivity index (χ2n) is 6.17. The summed E-state index contributed by atoms with van der Waals surface area (Å²) < 4.78 is 0.464. The van der Waals surface area contributed by atoms with Gasteiger partial charge in [0.2, 0.25) is 0 Å². The number of carboxylic acid groups (broad SMARTS) is 1. The van der Waals surface area contributed by atoms with E-state index in [9.17, 15) is 9.90 Å². The number of nitrogens with zero attached hydrogens (tertiary/aromatic N) is 2. The molecule has 0 aliphatic carbocycles. The molecule has 0 bridgehead atoms. The van der Waals surface area contributed by atoms with Crippen molar-refractivity contribution in [1.82, 2.24) is 4.48 Å². The monoisotopic (exact) mass is 275 g/mol. The van der Waals surface area contributed by atoms with E-state index < -0.39 is 5.97 Å². The van der Waals surface area contributed by atoms with Crippen molar-refractivity contribution >= 4 is 23.3 Å². The highest BCUT2D eigenvalue weighted by Crippen LogP contribution is 2.45. The van der Waals surface area contributed by atoms with Crippen molar-refractivity contribution in [2.75, 3.05) is 6.54 Å². The van der Waals surface area contributed by atoms with E-state index in [2.05, 4.69) is 32.7 Å². The lowest BCUT2D eigenvalue weighted by atomic mass is 9.98. The fourth-order valence-electron chi connectivity index (χ4n) is 3.01. The molecule has 0 saturated heterocycles. The number of fused-ring (bicyclic) bond motifs is 1. The Balaban J connectivity index is 2.66. The minimum Gasteiger partial charge on any atom is -0.545 e. The molecule has 0 spiro atoms. The molecule has 1 unspecified atom stereocenters. The minimum atomic E-state index is -1.20. The van der Waals surface area contributed by atoms with Gasteiger partial charge < -0.3 is 15.6 Å². The molecule has 1 aromatic carbocycles. The van der Waals surface area contributed by atoms with Gasteiger partial charge in [0.05, 0.1) is 12.5 Å². The predicted octanol–water partition coefficient (Wildman–Crippen LogP) is 1.53. The van der Waals surface area contributed by atoms with E-state index >= 15 is 0 Å². The number of aliphatic imine (C=N–C) groups is 1. The Morgan fingerprint density at radius 1 is 1.40 bits per heavy atom. The fraction of sp³-hybridized carbons (Fsp3) is 0.467. The highest BCUT2D eigenvalue weighted by atomic mass is 16.4. The Morgan fingerprint density at radius 2 is 2.05 bits per heavy atom. The van der Waals surface area contributed by atoms with Crippen LogP contribution in [-0.2, 0) is 0 Å². The largest absolute Gasteiger partial charge is 0.545 e. The van der Waals surface area contributed by atoms with Gasteiger partial charge in [0.1, 0.15) is 11.2 Å². The van der Waals surface area contributed by atoms with Crippen LogP contribution in [-0.4, -0.2) is 24.0 Å². The molecule has 0 amide bonds. The van der Waals surface area contributed by atoms with Gasteiger partial charge in [0, 0.05) is 6.07 Å². The zero-order chi connectivity index (χ0) is 15.1. The first kappa shape index (κ1) is 14.5. The molecule has 1 aromatic rings. The van der Waals surface area contributed by atoms with Gasteiger partial charge in [-0.05, 0) is 44.9 Å². The molecule has 1 aliphatic heterocycles. The summed E-state index contributed by atoms with van der Waals surface area (Å²) in [5.74, 6) is -0.678. The highest BCUT2D eigenvalue weighted by molar-refractivity contribution is 6.02. The normalized spacial score (nSPS) is 21.5. The van der Waals surface area contributed by atoms with Crippen molar-refractivity contribution in [2.45, 2.75) is 39.7 Å². The van der Waals surface area contributed by atoms with Crippen molar-refractivity contribution < 1.29 is 9.90 Å². The molecule has 1 heterocycles. The smallest absolute Gasteiger partial charge is 0.306 e. The average Bonchev–Trinajstić information content (AvgIpc) is 2.62. The van der Waals surface area contributed by atoms with Crippen molar-refractivity contribution in [3.63, 3.8) is 0 Å². The standard InChI is InChI=1S/C15H21N3O2/c1-5-8-18(15(2,3)4)12-7-6-10(13(19)20)9-11(12)17-14(18)16/h6-7,9H,5,8H2,1-4H3,(H2-,16,17,19,20). The summed E-state index contributed by atoms with van der Waals surface area (Å²) in [5.41, 5.74) is 7.79. The van der Waals surface area contributed by atoms with Crippen molar-refractivity contribution in [3.05, 3.63) is 23.8 Å². The molecule has 1 aliphatic rings. The molecule has 5 heteroatoms. The van der Waals surface area contributed by atoms with Gasteiger partial charge in [-0.2, -0.15) is 4.99 Å². The number of aromatic carboxylic acids is 1. The molecule has 2 N–H and O–H groups in total. The first-order chi connectivity index (χ1) is 9.24. The molecule has 0 aromatic heterocycles. The van der Waals surface area contributed by atoms with Crippen LogP contribution in [0.1, 0.15) is 44.5 Å². The van der Waals surface area contributed by atoms with E-state index in [1.807, 2.05) is 6.07 Å². The topological polar surface area (TPSA) is 78.5 Å². The lowest BCUT2D eigenvalue weighted by Crippen LogP contribution is -2.66. The summed E-state index contributed by atoms with van der Waals surface area (Å²) in [6, 6.07) is 4.92. The van der Waals surface area contributed by atoms with Crippen molar-refractivity contribution in [3.8, 4) is 0 Å². The van der Waals surface area contributed by atoms with Crippen molar-refractivity contribution in [1.29, 1.82) is 0 Å². The number of carbonyl (C=O) groups is 1. The van der Waals surface area contributed by atoms with Crippen LogP contribution in [0.2, 0.25) is 0 Å². The molecule has 5 nitrogen and oxygen atoms in total. The molecule has 1 atom stereocenters. The Morgan fingerprint density at radius 3 is 2.55 bits per heavy atom. The highest BCUT2D eigenvalue weighted by Gasteiger charge is 2.50. The quantitative estimate of drug-likeness (QED) is 0.850. The summed E-state index contributed by atoms with van der Waals surface area (Å²) in [6.07, 6.45) is 0.954. The second-order valence-corrected chi connectivity index (χ2v) is 6.17. The number of quaternary nitrogens is 1. The summed E-state index contributed by atoms with van der Waals surface area (Å²) in [6.45, 7) is 9.29. The van der Waals surface area contributed by atoms with E-state index in [1.165, 1.54) is 0 Å². The summed E-state index contributed by atoms with van der Waals surface area (Å²) in [4.78, 5) is 15.4. The number of nitrogens with two attached hydrogens (primary N) is 1. The molecule has 108 valence electrons. The molecule has 0 radical (unpaired) electrons. The maximum atomic E-state index is 11.0. The van der Waals surface area contributed by atoms with Crippen molar-refractivity contribution in [2.24, 2.45) is 10.7 Å². The average molecular weight is 275 g/mol. The Bertz CT molecular complexity index is 587. The van der Waals surface area contributed by atoms with Crippen LogP contribution in [0.25, 0.3) is 0 Å². The molecule has 0 saturated carbocycles. The van der Waals surface area contributed by atoms with Crippen LogP contribution in [0.4, 0.5) is 11.4 Å². The van der Waals surface area contributed by atoms with Gasteiger partial charge in [-0.25, -0.2) is 4.48 Å². The minimum absolute atomic E-state index is 0.130. The lowest BCUT2D eigenvalue weighted by molar-refractivity contribution is -0.255. The first-order valence-electron chi connectivity index (χ1n) is 6.83. The Kier molecular flexibility index (Phi) is 3.34. The van der Waals surface area contributed by atoms with Gasteiger partial charge in [-0.3, -0.25) is 0 Å². The number of hydrogen-bond donors (Lipinski definition) is 1. The lowest BCUT2D eigenvalue weighted by Gasteiger charge is -2.44. The summed E-state index contributed by atoms with van der Waals surface area (Å²) in [7, 11) is 0. The maximum Gasteiger partial charge on any atom is 0.306 e. The zero-order valence-electron chi connectivity index (χ0n) is 12.4. The van der Waals surface area contributed by atoms with E-state index in [0.29, 0.717) is 16.1 Å². The van der Waals surface area contributed by atoms with E-state index in [-0.39, 0.29) is 11.1 Å². The Labute approximate surface area is 119 Å². The summed E-state index contributed by atoms with van der Waals surface area (Å²) >= 11 is 0. The van der Waals surface area contributed by atoms with E-state index in [4.69, 9.17) is 5.73 Å². The maximum absolute atomic E-state index is 11.0. The number of guanidine groups is 1. The molecular weight excluding hydrogens is 254 g/mol. The number of carbonyl (C=O) groups excluding carboxylic acids is 1. The van der Waals surface area contributed by atoms with Crippen LogP contribution in [0, 0.1) is 0 Å². The fourth-order valence-corrected chi connectivity index (χ4v) is 3.01. The molecule has 2 rings (SSSR count). The predicted molar refractivity (Wildman–Crippen MR) is 78.8 cm³/mol. The van der Waals surface area contributed by atoms with Crippen LogP contribution in [0.15, 0.2) is 23.2 Å². The van der Waals surface area contributed by atoms with Crippen LogP contribution in [0.5, 0.6) is 0 Å². The number of benzene rings is 1. The van der Waals surface area contributed by atoms with Crippen LogP contribution in [0.3, 0.4) is 0 Å². The number of carboxylic acids is 1. The van der Waals surface area contributed by atoms with Gasteiger partial charge in [-0.1, -0.05) is 6.92 Å². The van der Waals surface area contributed by atoms with Crippen LogP contribution < -0.4 is 15.3 Å². The van der Waals surface area contributed by atoms with Gasteiger partial charge >= 0.3 is 5.96 Å². The Hall–Kier alpha value is -1.88. The molecule has 20 heavy (non-hydrogen) atoms. The third kappa shape index (κ3) is 1.89. The first-order valence-corrected chi connectivity index (χ1v) is 6.83. The van der Waals surface area contributed by atoms with Crippen LogP contribution >= 0.6 is 0 Å². The number of rotatable bonds is 3. The zero-order valence-corrected chi connectivity index (χ0v) is 12.4. The SMILES string of the molecule is CCC[N+]1(C(C)(C)C)C(N)=Nc2cc(C(=O)[O-])ccc21. The van der Waals surface area contributed by atoms with E-state index in [1.54, 1.807) is 12.1 Å². The third-order valence-electron chi connectivity index (χ3n) is 3.95. The van der Waals surface area contributed by atoms with E-state index in [0.717, 1.165) is 18.7 Å². The van der Waals surface area contributed by atoms with Gasteiger partial charge in [0.15, 0.2) is 5.69 Å². The third-order valence-corrected chi connectivity index (χ3v) is 3.95. The molecule has 0 fully saturated rings. The number of hydrogen-bond acceptors (Lipinski definition) is 4.